The Labute approximate surface area is 161 Å². The molecule has 0 fully saturated rings. The Hall–Kier alpha value is -2.81. The van der Waals surface area contributed by atoms with Crippen molar-refractivity contribution in [3.05, 3.63) is 70.0 Å². The van der Waals surface area contributed by atoms with Gasteiger partial charge >= 0.3 is 6.18 Å². The quantitative estimate of drug-likeness (QED) is 0.474. The third-order valence-corrected chi connectivity index (χ3v) is 5.44. The summed E-state index contributed by atoms with van der Waals surface area (Å²) in [5.74, 6) is 0.875. The zero-order valence-corrected chi connectivity index (χ0v) is 15.6. The SMILES string of the molecule is CCn1c(=O)c2ccccc2n2c(SCc3ccc(C(F)(F)F)cc3)nnc12. The summed E-state index contributed by atoms with van der Waals surface area (Å²) >= 11 is 1.36. The molecule has 2 aromatic carbocycles. The first-order valence-corrected chi connectivity index (χ1v) is 9.54. The van der Waals surface area contributed by atoms with Crippen LogP contribution in [0, 0.1) is 0 Å². The number of para-hydroxylation sites is 1. The Kier molecular flexibility index (Phi) is 4.62. The van der Waals surface area contributed by atoms with Crippen LogP contribution in [0.1, 0.15) is 18.1 Å². The maximum absolute atomic E-state index is 12.7. The molecule has 0 saturated carbocycles. The van der Waals surface area contributed by atoms with Gasteiger partial charge in [-0.25, -0.2) is 0 Å². The van der Waals surface area contributed by atoms with Crippen LogP contribution in [0.4, 0.5) is 13.2 Å². The molecule has 28 heavy (non-hydrogen) atoms. The molecule has 4 rings (SSSR count). The Balaban J connectivity index is 1.72. The summed E-state index contributed by atoms with van der Waals surface area (Å²) in [5.41, 5.74) is 0.638. The summed E-state index contributed by atoms with van der Waals surface area (Å²) < 4.78 is 41.5. The molecule has 0 aliphatic heterocycles. The molecule has 0 aliphatic carbocycles. The van der Waals surface area contributed by atoms with E-state index in [-0.39, 0.29) is 5.56 Å². The number of hydrogen-bond donors (Lipinski definition) is 0. The lowest BCUT2D eigenvalue weighted by atomic mass is 10.1. The number of hydrogen-bond acceptors (Lipinski definition) is 4. The first-order chi connectivity index (χ1) is 13.4. The predicted octanol–water partition coefficient (Wildman–Crippen LogP) is 4.38. The second-order valence-electron chi connectivity index (χ2n) is 6.17. The molecule has 0 atom stereocenters. The number of thioether (sulfide) groups is 1. The van der Waals surface area contributed by atoms with Crippen LogP contribution >= 0.6 is 11.8 Å². The third kappa shape index (κ3) is 3.15. The van der Waals surface area contributed by atoms with E-state index < -0.39 is 11.7 Å². The summed E-state index contributed by atoms with van der Waals surface area (Å²) in [6.07, 6.45) is -4.35. The van der Waals surface area contributed by atoms with E-state index in [9.17, 15) is 18.0 Å². The number of benzene rings is 2. The van der Waals surface area contributed by atoms with Gasteiger partial charge in [0.05, 0.1) is 16.5 Å². The van der Waals surface area contributed by atoms with Crippen LogP contribution in [-0.4, -0.2) is 19.2 Å². The Morgan fingerprint density at radius 2 is 1.75 bits per heavy atom. The highest BCUT2D eigenvalue weighted by molar-refractivity contribution is 7.98. The molecule has 0 saturated heterocycles. The van der Waals surface area contributed by atoms with Crippen LogP contribution in [0.15, 0.2) is 58.5 Å². The second kappa shape index (κ2) is 6.97. The number of aromatic nitrogens is 4. The van der Waals surface area contributed by atoms with Crippen LogP contribution in [-0.2, 0) is 18.5 Å². The number of fused-ring (bicyclic) bond motifs is 3. The standard InChI is InChI=1S/C19H15F3N4OS/c1-2-25-16(27)14-5-3-4-6-15(14)26-17(25)23-24-18(26)28-11-12-7-9-13(10-8-12)19(20,21)22/h3-10H,2,11H2,1H3. The fourth-order valence-corrected chi connectivity index (χ4v) is 3.95. The van der Waals surface area contributed by atoms with Gasteiger partial charge < -0.3 is 0 Å². The average molecular weight is 404 g/mol. The van der Waals surface area contributed by atoms with Gasteiger partial charge in [0.2, 0.25) is 5.78 Å². The van der Waals surface area contributed by atoms with Crippen LogP contribution in [0.25, 0.3) is 16.7 Å². The largest absolute Gasteiger partial charge is 0.416 e. The van der Waals surface area contributed by atoms with Crippen LogP contribution in [0.2, 0.25) is 0 Å². The number of aryl methyl sites for hydroxylation is 1. The van der Waals surface area contributed by atoms with Crippen molar-refractivity contribution in [3.8, 4) is 0 Å². The molecule has 144 valence electrons. The van der Waals surface area contributed by atoms with Crippen molar-refractivity contribution in [1.29, 1.82) is 0 Å². The lowest BCUT2D eigenvalue weighted by molar-refractivity contribution is -0.137. The predicted molar refractivity (Wildman–Crippen MR) is 101 cm³/mol. The number of rotatable bonds is 4. The van der Waals surface area contributed by atoms with E-state index in [1.807, 2.05) is 23.5 Å². The first kappa shape index (κ1) is 18.5. The third-order valence-electron chi connectivity index (χ3n) is 4.44. The van der Waals surface area contributed by atoms with E-state index >= 15 is 0 Å². The molecular formula is C19H15F3N4OS. The highest BCUT2D eigenvalue weighted by Crippen LogP contribution is 2.30. The van der Waals surface area contributed by atoms with Crippen molar-refractivity contribution < 1.29 is 13.2 Å². The molecule has 0 aliphatic rings. The summed E-state index contributed by atoms with van der Waals surface area (Å²) in [7, 11) is 0. The van der Waals surface area contributed by atoms with Crippen LogP contribution < -0.4 is 5.56 Å². The topological polar surface area (TPSA) is 52.2 Å². The minimum atomic E-state index is -4.35. The van der Waals surface area contributed by atoms with Gasteiger partial charge in [0.25, 0.3) is 5.56 Å². The zero-order chi connectivity index (χ0) is 19.9. The second-order valence-corrected chi connectivity index (χ2v) is 7.11. The van der Waals surface area contributed by atoms with Crippen molar-refractivity contribution in [3.63, 3.8) is 0 Å². The fourth-order valence-electron chi connectivity index (χ4n) is 3.05. The first-order valence-electron chi connectivity index (χ1n) is 8.55. The van der Waals surface area contributed by atoms with Gasteiger partial charge in [0.1, 0.15) is 0 Å². The zero-order valence-electron chi connectivity index (χ0n) is 14.8. The van der Waals surface area contributed by atoms with Gasteiger partial charge in [-0.05, 0) is 36.8 Å². The Bertz CT molecular complexity index is 1210. The van der Waals surface area contributed by atoms with Gasteiger partial charge in [-0.3, -0.25) is 13.8 Å². The Morgan fingerprint density at radius 3 is 2.43 bits per heavy atom. The van der Waals surface area contributed by atoms with Crippen molar-refractivity contribution >= 4 is 28.4 Å². The number of nitrogens with zero attached hydrogens (tertiary/aromatic N) is 4. The molecule has 5 nitrogen and oxygen atoms in total. The van der Waals surface area contributed by atoms with E-state index in [0.29, 0.717) is 34.1 Å². The minimum Gasteiger partial charge on any atom is -0.277 e. The number of alkyl halides is 3. The molecule has 4 aromatic rings. The molecule has 0 radical (unpaired) electrons. The van der Waals surface area contributed by atoms with Crippen LogP contribution in [0.3, 0.4) is 0 Å². The van der Waals surface area contributed by atoms with Crippen molar-refractivity contribution in [2.75, 3.05) is 0 Å². The van der Waals surface area contributed by atoms with Gasteiger partial charge in [-0.1, -0.05) is 36.0 Å². The molecule has 2 heterocycles. The minimum absolute atomic E-state index is 0.128. The van der Waals surface area contributed by atoms with E-state index in [1.54, 1.807) is 16.7 Å². The van der Waals surface area contributed by atoms with Gasteiger partial charge in [0.15, 0.2) is 5.16 Å². The molecule has 0 bridgehead atoms. The molecular weight excluding hydrogens is 389 g/mol. The average Bonchev–Trinajstić information content (AvgIpc) is 3.10. The molecule has 0 spiro atoms. The highest BCUT2D eigenvalue weighted by atomic mass is 32.2. The van der Waals surface area contributed by atoms with E-state index in [4.69, 9.17) is 0 Å². The lowest BCUT2D eigenvalue weighted by Crippen LogP contribution is -2.22. The molecule has 2 aromatic heterocycles. The molecule has 9 heteroatoms. The highest BCUT2D eigenvalue weighted by Gasteiger charge is 2.29. The van der Waals surface area contributed by atoms with Gasteiger partial charge in [-0.2, -0.15) is 13.2 Å². The van der Waals surface area contributed by atoms with Gasteiger partial charge in [-0.15, -0.1) is 10.2 Å². The monoisotopic (exact) mass is 404 g/mol. The van der Waals surface area contributed by atoms with Gasteiger partial charge in [0, 0.05) is 12.3 Å². The lowest BCUT2D eigenvalue weighted by Gasteiger charge is -2.10. The van der Waals surface area contributed by atoms with Crippen LogP contribution in [0.5, 0.6) is 0 Å². The van der Waals surface area contributed by atoms with Crippen molar-refractivity contribution in [2.45, 2.75) is 30.6 Å². The fraction of sp³-hybridized carbons (Fsp3) is 0.211. The molecule has 0 amide bonds. The van der Waals surface area contributed by atoms with E-state index in [1.165, 1.54) is 23.9 Å². The maximum atomic E-state index is 12.7. The summed E-state index contributed by atoms with van der Waals surface area (Å²) in [5, 5.41) is 9.51. The maximum Gasteiger partial charge on any atom is 0.416 e. The molecule has 0 unspecified atom stereocenters. The van der Waals surface area contributed by atoms with Crippen molar-refractivity contribution in [2.24, 2.45) is 0 Å². The molecule has 0 N–H and O–H groups in total. The Morgan fingerprint density at radius 1 is 1.04 bits per heavy atom. The smallest absolute Gasteiger partial charge is 0.277 e. The summed E-state index contributed by atoms with van der Waals surface area (Å²) in [6.45, 7) is 2.31. The summed E-state index contributed by atoms with van der Waals surface area (Å²) in [4.78, 5) is 12.7. The number of halogens is 3. The van der Waals surface area contributed by atoms with Crippen molar-refractivity contribution in [1.82, 2.24) is 19.2 Å². The van der Waals surface area contributed by atoms with E-state index in [0.717, 1.165) is 17.7 Å². The summed E-state index contributed by atoms with van der Waals surface area (Å²) in [6, 6.07) is 12.3. The normalized spacial score (nSPS) is 12.1. The van der Waals surface area contributed by atoms with E-state index in [2.05, 4.69) is 10.2 Å².